The van der Waals surface area contributed by atoms with E-state index >= 15 is 0 Å². The van der Waals surface area contributed by atoms with Gasteiger partial charge in [-0.2, -0.15) is 0 Å². The van der Waals surface area contributed by atoms with Gasteiger partial charge in [0.1, 0.15) is 0 Å². The van der Waals surface area contributed by atoms with Crippen LogP contribution in [-0.4, -0.2) is 48.6 Å². The molecule has 0 amide bonds. The Balaban J connectivity index is 2.60. The molecule has 2 heteroatoms. The van der Waals surface area contributed by atoms with Crippen molar-refractivity contribution in [2.24, 2.45) is 0 Å². The fraction of sp³-hybridized carbons (Fsp3) is 0.818. The van der Waals surface area contributed by atoms with E-state index in [0.717, 1.165) is 0 Å². The van der Waals surface area contributed by atoms with E-state index in [0.29, 0.717) is 12.1 Å². The van der Waals surface area contributed by atoms with Gasteiger partial charge in [0, 0.05) is 31.7 Å². The summed E-state index contributed by atoms with van der Waals surface area (Å²) in [6, 6.07) is 1.28. The Morgan fingerprint density at radius 3 is 2.54 bits per heavy atom. The van der Waals surface area contributed by atoms with Gasteiger partial charge in [-0.15, -0.1) is 0 Å². The Kier molecular flexibility index (Phi) is 3.94. The lowest BCUT2D eigenvalue weighted by molar-refractivity contribution is 0.0883. The van der Waals surface area contributed by atoms with Crippen LogP contribution in [0.4, 0.5) is 0 Å². The molecule has 1 aliphatic heterocycles. The highest BCUT2D eigenvalue weighted by Crippen LogP contribution is 2.12. The second kappa shape index (κ2) is 4.77. The molecular formula is C11H22N2. The third kappa shape index (κ3) is 2.82. The predicted octanol–water partition coefficient (Wildman–Crippen LogP) is 1.59. The molecule has 0 unspecified atom stereocenters. The molecule has 13 heavy (non-hydrogen) atoms. The molecule has 2 nitrogen and oxygen atoms in total. The summed E-state index contributed by atoms with van der Waals surface area (Å²) in [7, 11) is 2.20. The fourth-order valence-electron chi connectivity index (χ4n) is 2.00. The summed E-state index contributed by atoms with van der Waals surface area (Å²) in [5, 5.41) is 0. The summed E-state index contributed by atoms with van der Waals surface area (Å²) in [6.45, 7) is 10.2. The quantitative estimate of drug-likeness (QED) is 0.598. The maximum atomic E-state index is 2.57. The normalized spacial score (nSPS) is 27.6. The molecule has 0 aromatic rings. The fourth-order valence-corrected chi connectivity index (χ4v) is 2.00. The molecule has 76 valence electrons. The van der Waals surface area contributed by atoms with Crippen LogP contribution in [0.5, 0.6) is 0 Å². The van der Waals surface area contributed by atoms with Crippen LogP contribution in [0.15, 0.2) is 12.2 Å². The average Bonchev–Trinajstić information content (AvgIpc) is 2.04. The molecule has 0 aromatic carbocycles. The molecule has 0 aromatic heterocycles. The minimum absolute atomic E-state index is 0.615. The minimum Gasteiger partial charge on any atom is -0.303 e. The maximum Gasteiger partial charge on any atom is 0.0408 e. The molecular weight excluding hydrogens is 160 g/mol. The van der Waals surface area contributed by atoms with Crippen LogP contribution >= 0.6 is 0 Å². The van der Waals surface area contributed by atoms with Crippen molar-refractivity contribution in [3.05, 3.63) is 12.2 Å². The Bertz CT molecular complexity index is 175. The van der Waals surface area contributed by atoms with Crippen LogP contribution in [0, 0.1) is 0 Å². The van der Waals surface area contributed by atoms with Crippen molar-refractivity contribution in [3.8, 4) is 0 Å². The zero-order valence-electron chi connectivity index (χ0n) is 9.33. The van der Waals surface area contributed by atoms with E-state index in [1.807, 2.05) is 0 Å². The summed E-state index contributed by atoms with van der Waals surface area (Å²) < 4.78 is 0. The number of rotatable bonds is 2. The smallest absolute Gasteiger partial charge is 0.0408 e. The maximum absolute atomic E-state index is 2.57. The third-order valence-electron chi connectivity index (χ3n) is 2.74. The van der Waals surface area contributed by atoms with Crippen LogP contribution in [0.2, 0.25) is 0 Å². The molecule has 1 fully saturated rings. The molecule has 1 aliphatic rings. The number of piperazine rings is 1. The van der Waals surface area contributed by atoms with Gasteiger partial charge in [-0.05, 0) is 27.8 Å². The van der Waals surface area contributed by atoms with Crippen LogP contribution in [0.3, 0.4) is 0 Å². The number of hydrogen-bond acceptors (Lipinski definition) is 2. The van der Waals surface area contributed by atoms with Gasteiger partial charge in [0.25, 0.3) is 0 Å². The zero-order valence-corrected chi connectivity index (χ0v) is 9.33. The molecule has 0 radical (unpaired) electrons. The molecule has 0 spiro atoms. The van der Waals surface area contributed by atoms with Crippen molar-refractivity contribution in [2.75, 3.05) is 26.7 Å². The number of nitrogens with zero attached hydrogens (tertiary/aromatic N) is 2. The molecule has 0 aliphatic carbocycles. The van der Waals surface area contributed by atoms with E-state index < -0.39 is 0 Å². The predicted molar refractivity (Wildman–Crippen MR) is 57.9 cm³/mol. The highest BCUT2D eigenvalue weighted by molar-refractivity contribution is 4.97. The minimum atomic E-state index is 0.615. The van der Waals surface area contributed by atoms with Crippen LogP contribution in [0.1, 0.15) is 20.8 Å². The van der Waals surface area contributed by atoms with Gasteiger partial charge in [0.05, 0.1) is 0 Å². The first-order valence-electron chi connectivity index (χ1n) is 5.22. The van der Waals surface area contributed by atoms with E-state index in [2.05, 4.69) is 49.8 Å². The molecule has 1 atom stereocenters. The first kappa shape index (κ1) is 10.7. The van der Waals surface area contributed by atoms with Crippen molar-refractivity contribution >= 4 is 0 Å². The summed E-state index contributed by atoms with van der Waals surface area (Å²) in [5.41, 5.74) is 0. The van der Waals surface area contributed by atoms with Crippen molar-refractivity contribution < 1.29 is 0 Å². The van der Waals surface area contributed by atoms with E-state index in [1.54, 1.807) is 0 Å². The summed E-state index contributed by atoms with van der Waals surface area (Å²) in [4.78, 5) is 4.98. The lowest BCUT2D eigenvalue weighted by atomic mass is 10.1. The van der Waals surface area contributed by atoms with Gasteiger partial charge < -0.3 is 4.90 Å². The van der Waals surface area contributed by atoms with Gasteiger partial charge >= 0.3 is 0 Å². The van der Waals surface area contributed by atoms with E-state index in [9.17, 15) is 0 Å². The SMILES string of the molecule is C/C=C\[C@@H]1CN(C)CCN1C(C)C. The standard InChI is InChI=1S/C11H22N2/c1-5-6-11-9-12(4)7-8-13(11)10(2)3/h5-6,10-11H,7-9H2,1-4H3/b6-5-/t11-/m1/s1. The first-order chi connectivity index (χ1) is 6.15. The van der Waals surface area contributed by atoms with E-state index in [-0.39, 0.29) is 0 Å². The van der Waals surface area contributed by atoms with Crippen LogP contribution in [-0.2, 0) is 0 Å². The van der Waals surface area contributed by atoms with Gasteiger partial charge in [0.2, 0.25) is 0 Å². The van der Waals surface area contributed by atoms with Crippen LogP contribution < -0.4 is 0 Å². The highest BCUT2D eigenvalue weighted by atomic mass is 15.3. The second-order valence-electron chi connectivity index (χ2n) is 4.19. The van der Waals surface area contributed by atoms with Gasteiger partial charge in [-0.3, -0.25) is 4.90 Å². The van der Waals surface area contributed by atoms with Gasteiger partial charge in [-0.25, -0.2) is 0 Å². The molecule has 0 bridgehead atoms. The molecule has 1 saturated heterocycles. The third-order valence-corrected chi connectivity index (χ3v) is 2.74. The van der Waals surface area contributed by atoms with Crippen LogP contribution in [0.25, 0.3) is 0 Å². The Hall–Kier alpha value is -0.340. The Morgan fingerprint density at radius 1 is 1.31 bits per heavy atom. The van der Waals surface area contributed by atoms with Crippen molar-refractivity contribution in [2.45, 2.75) is 32.9 Å². The number of allylic oxidation sites excluding steroid dienone is 1. The Morgan fingerprint density at radius 2 is 2.00 bits per heavy atom. The van der Waals surface area contributed by atoms with Gasteiger partial charge in [0.15, 0.2) is 0 Å². The van der Waals surface area contributed by atoms with Crippen molar-refractivity contribution in [1.82, 2.24) is 9.80 Å². The molecule has 1 rings (SSSR count). The first-order valence-corrected chi connectivity index (χ1v) is 5.22. The van der Waals surface area contributed by atoms with Crippen molar-refractivity contribution in [3.63, 3.8) is 0 Å². The topological polar surface area (TPSA) is 6.48 Å². The monoisotopic (exact) mass is 182 g/mol. The molecule has 1 heterocycles. The van der Waals surface area contributed by atoms with E-state index in [4.69, 9.17) is 0 Å². The second-order valence-corrected chi connectivity index (χ2v) is 4.19. The van der Waals surface area contributed by atoms with Gasteiger partial charge in [-0.1, -0.05) is 12.2 Å². The molecule has 0 N–H and O–H groups in total. The summed E-state index contributed by atoms with van der Waals surface area (Å²) in [6.07, 6.45) is 4.48. The van der Waals surface area contributed by atoms with Crippen molar-refractivity contribution in [1.29, 1.82) is 0 Å². The number of hydrogen-bond donors (Lipinski definition) is 0. The lowest BCUT2D eigenvalue weighted by Crippen LogP contribution is -2.53. The average molecular weight is 182 g/mol. The highest BCUT2D eigenvalue weighted by Gasteiger charge is 2.24. The largest absolute Gasteiger partial charge is 0.303 e. The molecule has 0 saturated carbocycles. The summed E-state index contributed by atoms with van der Waals surface area (Å²) >= 11 is 0. The number of likely N-dealkylation sites (N-methyl/N-ethyl adjacent to an activating group) is 1. The lowest BCUT2D eigenvalue weighted by Gasteiger charge is -2.41. The summed E-state index contributed by atoms with van der Waals surface area (Å²) in [5.74, 6) is 0. The zero-order chi connectivity index (χ0) is 9.84. The Labute approximate surface area is 82.2 Å². The van der Waals surface area contributed by atoms with E-state index in [1.165, 1.54) is 19.6 Å².